The number of benzene rings is 6. The summed E-state index contributed by atoms with van der Waals surface area (Å²) in [6.45, 7) is 0. The number of carbonyl (C=O) groups is 2. The molecule has 198 valence electrons. The number of carbonyl (C=O) groups excluding carboxylic acids is 2. The van der Waals surface area contributed by atoms with Crippen molar-refractivity contribution in [3.63, 3.8) is 0 Å². The maximum atomic E-state index is 13.3. The molecule has 0 bridgehead atoms. The lowest BCUT2D eigenvalue weighted by Crippen LogP contribution is -2.21. The van der Waals surface area contributed by atoms with Crippen LogP contribution in [-0.2, 0) is 0 Å². The van der Waals surface area contributed by atoms with E-state index in [1.807, 2.05) is 42.5 Å². The van der Waals surface area contributed by atoms with E-state index in [9.17, 15) is 9.59 Å². The molecule has 1 aliphatic heterocycles. The summed E-state index contributed by atoms with van der Waals surface area (Å²) in [6, 6.07) is 44.5. The average molecular weight is 541 g/mol. The Kier molecular flexibility index (Phi) is 5.41. The normalized spacial score (nSPS) is 14.1. The number of allylic oxidation sites excluding steroid dienone is 3. The molecule has 0 fully saturated rings. The minimum Gasteiger partial charge on any atom is -0.293 e. The van der Waals surface area contributed by atoms with Gasteiger partial charge in [0.2, 0.25) is 0 Å². The number of anilines is 4. The van der Waals surface area contributed by atoms with Crippen LogP contribution in [0.4, 0.5) is 22.7 Å². The zero-order valence-electron chi connectivity index (χ0n) is 22.6. The van der Waals surface area contributed by atoms with Gasteiger partial charge in [0.05, 0.1) is 16.9 Å². The molecule has 4 nitrogen and oxygen atoms in total. The fraction of sp³-hybridized carbons (Fsp3) is 0. The van der Waals surface area contributed by atoms with Crippen molar-refractivity contribution in [2.45, 2.75) is 0 Å². The van der Waals surface area contributed by atoms with Gasteiger partial charge in [0, 0.05) is 33.3 Å². The van der Waals surface area contributed by atoms with Crippen molar-refractivity contribution in [3.8, 4) is 0 Å². The number of para-hydroxylation sites is 2. The average Bonchev–Trinajstić information content (AvgIpc) is 3.52. The number of fused-ring (bicyclic) bond motifs is 7. The van der Waals surface area contributed by atoms with Gasteiger partial charge in [-0.3, -0.25) is 19.4 Å². The Bertz CT molecular complexity index is 1980. The summed E-state index contributed by atoms with van der Waals surface area (Å²) in [5.74, 6) is 0.348. The van der Waals surface area contributed by atoms with Crippen molar-refractivity contribution in [1.82, 2.24) is 0 Å². The molecule has 0 atom stereocenters. The minimum atomic E-state index is -0.239. The van der Waals surface area contributed by atoms with E-state index in [1.54, 1.807) is 30.3 Å². The van der Waals surface area contributed by atoms with Gasteiger partial charge >= 0.3 is 0 Å². The van der Waals surface area contributed by atoms with Gasteiger partial charge in [-0.25, -0.2) is 0 Å². The topological polar surface area (TPSA) is 40.6 Å². The van der Waals surface area contributed by atoms with E-state index in [-0.39, 0.29) is 17.1 Å². The molecule has 1 heterocycles. The van der Waals surface area contributed by atoms with Crippen LogP contribution in [0.1, 0.15) is 20.7 Å². The SMILES string of the molecule is O=C1C(=CC=C2N(c3ccccc3)c3c(c4ccccc4c4ccccc34)N2c2ccccc2)C(=O)c2ccccc21. The zero-order chi connectivity index (χ0) is 28.2. The van der Waals surface area contributed by atoms with Gasteiger partial charge in [0.15, 0.2) is 11.6 Å². The Hall–Kier alpha value is -5.74. The van der Waals surface area contributed by atoms with Crippen LogP contribution >= 0.6 is 0 Å². The number of nitrogens with zero attached hydrogens (tertiary/aromatic N) is 2. The van der Waals surface area contributed by atoms with E-state index in [1.165, 1.54) is 0 Å². The third-order valence-corrected chi connectivity index (χ3v) is 8.12. The van der Waals surface area contributed by atoms with Crippen LogP contribution in [0.3, 0.4) is 0 Å². The molecule has 0 spiro atoms. The quantitative estimate of drug-likeness (QED) is 0.127. The molecule has 8 rings (SSSR count). The fourth-order valence-corrected chi connectivity index (χ4v) is 6.29. The van der Waals surface area contributed by atoms with E-state index in [4.69, 9.17) is 0 Å². The molecule has 42 heavy (non-hydrogen) atoms. The second-order valence-corrected chi connectivity index (χ2v) is 10.4. The number of ketones is 2. The van der Waals surface area contributed by atoms with E-state index in [0.29, 0.717) is 11.1 Å². The van der Waals surface area contributed by atoms with Crippen molar-refractivity contribution in [1.29, 1.82) is 0 Å². The molecular formula is C38H24N2O2. The Morgan fingerprint density at radius 1 is 0.405 bits per heavy atom. The Balaban J connectivity index is 1.47. The third kappa shape index (κ3) is 3.49. The highest BCUT2D eigenvalue weighted by atomic mass is 16.2. The molecule has 0 aromatic heterocycles. The van der Waals surface area contributed by atoms with Crippen molar-refractivity contribution in [2.24, 2.45) is 0 Å². The molecule has 0 amide bonds. The van der Waals surface area contributed by atoms with E-state index in [0.717, 1.165) is 50.1 Å². The Morgan fingerprint density at radius 2 is 0.786 bits per heavy atom. The van der Waals surface area contributed by atoms with Gasteiger partial charge in [0.1, 0.15) is 5.82 Å². The molecule has 0 radical (unpaired) electrons. The van der Waals surface area contributed by atoms with Gasteiger partial charge in [-0.15, -0.1) is 0 Å². The second-order valence-electron chi connectivity index (χ2n) is 10.4. The monoisotopic (exact) mass is 540 g/mol. The highest BCUT2D eigenvalue weighted by molar-refractivity contribution is 6.39. The maximum Gasteiger partial charge on any atom is 0.197 e. The third-order valence-electron chi connectivity index (χ3n) is 8.12. The number of Topliss-reactive ketones (excluding diaryl/α,β-unsaturated/α-hetero) is 2. The van der Waals surface area contributed by atoms with Crippen LogP contribution < -0.4 is 9.80 Å². The van der Waals surface area contributed by atoms with Crippen molar-refractivity contribution < 1.29 is 9.59 Å². The molecule has 0 saturated heterocycles. The molecule has 4 heteroatoms. The van der Waals surface area contributed by atoms with Gasteiger partial charge in [0.25, 0.3) is 0 Å². The predicted octanol–water partition coefficient (Wildman–Crippen LogP) is 9.13. The first kappa shape index (κ1) is 24.1. The molecular weight excluding hydrogens is 516 g/mol. The Morgan fingerprint density at radius 3 is 1.24 bits per heavy atom. The minimum absolute atomic E-state index is 0.176. The molecule has 1 aliphatic carbocycles. The Labute approximate surface area is 243 Å². The van der Waals surface area contributed by atoms with Gasteiger partial charge in [-0.05, 0) is 47.2 Å². The van der Waals surface area contributed by atoms with Gasteiger partial charge in [-0.2, -0.15) is 0 Å². The summed E-state index contributed by atoms with van der Waals surface area (Å²) in [5.41, 5.74) is 5.16. The predicted molar refractivity (Wildman–Crippen MR) is 170 cm³/mol. The lowest BCUT2D eigenvalue weighted by molar-refractivity contribution is 0.0988. The summed E-state index contributed by atoms with van der Waals surface area (Å²) >= 11 is 0. The second kappa shape index (κ2) is 9.43. The smallest absolute Gasteiger partial charge is 0.197 e. The summed E-state index contributed by atoms with van der Waals surface area (Å²) < 4.78 is 0. The van der Waals surface area contributed by atoms with Crippen LogP contribution in [0, 0.1) is 0 Å². The van der Waals surface area contributed by atoms with Crippen LogP contribution in [0.2, 0.25) is 0 Å². The van der Waals surface area contributed by atoms with Crippen LogP contribution in [0.25, 0.3) is 21.5 Å². The van der Waals surface area contributed by atoms with E-state index < -0.39 is 0 Å². The summed E-state index contributed by atoms with van der Waals surface area (Å²) in [4.78, 5) is 31.2. The number of hydrogen-bond acceptors (Lipinski definition) is 4. The van der Waals surface area contributed by atoms with Crippen molar-refractivity contribution in [2.75, 3.05) is 9.80 Å². The summed E-state index contributed by atoms with van der Waals surface area (Å²) in [5, 5.41) is 4.56. The lowest BCUT2D eigenvalue weighted by Gasteiger charge is -2.26. The molecule has 6 aromatic rings. The lowest BCUT2D eigenvalue weighted by atomic mass is 9.97. The molecule has 0 saturated carbocycles. The van der Waals surface area contributed by atoms with Crippen LogP contribution in [0.15, 0.2) is 157 Å². The van der Waals surface area contributed by atoms with E-state index >= 15 is 0 Å². The largest absolute Gasteiger partial charge is 0.293 e. The standard InChI is InChI=1S/C38H24N2O2/c41-37-31-21-11-12-22-32(31)38(42)33(37)23-24-34-39(25-13-3-1-4-14-25)35-29-19-9-7-17-27(29)28-18-8-10-20-30(28)36(35)40(34)26-15-5-2-6-16-26/h1-24H. The first-order valence-electron chi connectivity index (χ1n) is 14.0. The van der Waals surface area contributed by atoms with Gasteiger partial charge < -0.3 is 0 Å². The van der Waals surface area contributed by atoms with Crippen LogP contribution in [-0.4, -0.2) is 11.6 Å². The molecule has 0 unspecified atom stereocenters. The van der Waals surface area contributed by atoms with Gasteiger partial charge in [-0.1, -0.05) is 109 Å². The highest BCUT2D eigenvalue weighted by Crippen LogP contribution is 2.56. The first-order chi connectivity index (χ1) is 20.7. The zero-order valence-corrected chi connectivity index (χ0v) is 22.6. The van der Waals surface area contributed by atoms with E-state index in [2.05, 4.69) is 82.6 Å². The number of rotatable bonds is 3. The van der Waals surface area contributed by atoms with Crippen molar-refractivity contribution >= 4 is 55.9 Å². The molecule has 6 aromatic carbocycles. The van der Waals surface area contributed by atoms with Crippen LogP contribution in [0.5, 0.6) is 0 Å². The fourth-order valence-electron chi connectivity index (χ4n) is 6.29. The first-order valence-corrected chi connectivity index (χ1v) is 14.0. The summed E-state index contributed by atoms with van der Waals surface area (Å²) in [7, 11) is 0. The van der Waals surface area contributed by atoms with Crippen molar-refractivity contribution in [3.05, 3.63) is 168 Å². The maximum absolute atomic E-state index is 13.3. The summed E-state index contributed by atoms with van der Waals surface area (Å²) in [6.07, 6.45) is 3.61. The molecule has 2 aliphatic rings. The number of hydrogen-bond donors (Lipinski definition) is 0. The molecule has 0 N–H and O–H groups in total. The highest BCUT2D eigenvalue weighted by Gasteiger charge is 2.37.